The summed E-state index contributed by atoms with van der Waals surface area (Å²) in [5, 5.41) is 8.73. The molecule has 0 saturated carbocycles. The molecule has 4 heteroatoms. The Bertz CT molecular complexity index is 352. The molecule has 1 atom stereocenters. The molecule has 1 rings (SSSR count). The van der Waals surface area contributed by atoms with Gasteiger partial charge in [0.1, 0.15) is 0 Å². The zero-order valence-corrected chi connectivity index (χ0v) is 11.0. The Kier molecular flexibility index (Phi) is 3.96. The van der Waals surface area contributed by atoms with Crippen molar-refractivity contribution < 1.29 is 14.7 Å². The molecule has 1 aliphatic rings. The van der Waals surface area contributed by atoms with Crippen molar-refractivity contribution in [3.05, 3.63) is 11.6 Å². The second-order valence-corrected chi connectivity index (χ2v) is 5.76. The van der Waals surface area contributed by atoms with Crippen LogP contribution in [0, 0.1) is 11.3 Å². The second-order valence-electron chi connectivity index (χ2n) is 5.76. The van der Waals surface area contributed by atoms with Gasteiger partial charge in [0.25, 0.3) is 0 Å². The van der Waals surface area contributed by atoms with Crippen molar-refractivity contribution in [3.63, 3.8) is 0 Å². The highest BCUT2D eigenvalue weighted by Gasteiger charge is 2.36. The SMILES string of the molecule is CC(=CCN1CC(C(C)(C)C)CC1=O)C(=O)O. The van der Waals surface area contributed by atoms with Gasteiger partial charge in [-0.2, -0.15) is 0 Å². The molecule has 1 saturated heterocycles. The summed E-state index contributed by atoms with van der Waals surface area (Å²) in [4.78, 5) is 24.1. The molecule has 0 bridgehead atoms. The number of carboxylic acids is 1. The Labute approximate surface area is 102 Å². The molecule has 0 aromatic carbocycles. The van der Waals surface area contributed by atoms with E-state index in [4.69, 9.17) is 5.11 Å². The number of nitrogens with zero attached hydrogens (tertiary/aromatic N) is 1. The van der Waals surface area contributed by atoms with Gasteiger partial charge in [-0.15, -0.1) is 0 Å². The first kappa shape index (κ1) is 13.7. The molecule has 1 N–H and O–H groups in total. The maximum atomic E-state index is 11.8. The van der Waals surface area contributed by atoms with E-state index in [0.717, 1.165) is 6.54 Å². The first-order valence-electron chi connectivity index (χ1n) is 5.89. The molecule has 1 amide bonds. The van der Waals surface area contributed by atoms with Crippen molar-refractivity contribution in [3.8, 4) is 0 Å². The van der Waals surface area contributed by atoms with E-state index in [1.807, 2.05) is 0 Å². The average Bonchev–Trinajstić information content (AvgIpc) is 2.55. The molecule has 0 radical (unpaired) electrons. The fourth-order valence-corrected chi connectivity index (χ4v) is 1.86. The molecule has 0 aliphatic carbocycles. The third-order valence-corrected chi connectivity index (χ3v) is 3.39. The fraction of sp³-hybridized carbons (Fsp3) is 0.692. The third kappa shape index (κ3) is 3.58. The Morgan fingerprint density at radius 3 is 2.53 bits per heavy atom. The molecule has 1 heterocycles. The summed E-state index contributed by atoms with van der Waals surface area (Å²) in [5.41, 5.74) is 0.410. The molecule has 1 unspecified atom stereocenters. The lowest BCUT2D eigenvalue weighted by molar-refractivity contribution is -0.133. The molecule has 1 aliphatic heterocycles. The van der Waals surface area contributed by atoms with Crippen molar-refractivity contribution in [2.24, 2.45) is 11.3 Å². The summed E-state index contributed by atoms with van der Waals surface area (Å²) in [6.07, 6.45) is 2.18. The van der Waals surface area contributed by atoms with Gasteiger partial charge in [-0.3, -0.25) is 4.79 Å². The van der Waals surface area contributed by atoms with Crippen LogP contribution in [-0.2, 0) is 9.59 Å². The highest BCUT2D eigenvalue weighted by atomic mass is 16.4. The minimum atomic E-state index is -0.927. The van der Waals surface area contributed by atoms with E-state index >= 15 is 0 Å². The summed E-state index contributed by atoms with van der Waals surface area (Å²) in [5.74, 6) is -0.447. The summed E-state index contributed by atoms with van der Waals surface area (Å²) < 4.78 is 0. The largest absolute Gasteiger partial charge is 0.478 e. The molecule has 96 valence electrons. The van der Waals surface area contributed by atoms with Crippen LogP contribution in [0.15, 0.2) is 11.6 Å². The van der Waals surface area contributed by atoms with Crippen LogP contribution < -0.4 is 0 Å². The van der Waals surface area contributed by atoms with E-state index < -0.39 is 5.97 Å². The quantitative estimate of drug-likeness (QED) is 0.765. The minimum absolute atomic E-state index is 0.121. The number of carboxylic acid groups (broad SMARTS) is 1. The summed E-state index contributed by atoms with van der Waals surface area (Å²) in [7, 11) is 0. The van der Waals surface area contributed by atoms with E-state index in [9.17, 15) is 9.59 Å². The van der Waals surface area contributed by atoms with Gasteiger partial charge >= 0.3 is 5.97 Å². The average molecular weight is 239 g/mol. The Balaban J connectivity index is 2.61. The van der Waals surface area contributed by atoms with E-state index in [-0.39, 0.29) is 16.9 Å². The van der Waals surface area contributed by atoms with Crippen LogP contribution in [0.25, 0.3) is 0 Å². The Morgan fingerprint density at radius 1 is 1.53 bits per heavy atom. The maximum absolute atomic E-state index is 11.8. The van der Waals surface area contributed by atoms with Crippen LogP contribution in [0.4, 0.5) is 0 Å². The second kappa shape index (κ2) is 4.90. The number of hydrogen-bond acceptors (Lipinski definition) is 2. The highest BCUT2D eigenvalue weighted by Crippen LogP contribution is 2.34. The lowest BCUT2D eigenvalue weighted by atomic mass is 9.80. The predicted octanol–water partition coefficient (Wildman–Crippen LogP) is 1.91. The first-order chi connectivity index (χ1) is 7.71. The monoisotopic (exact) mass is 239 g/mol. The van der Waals surface area contributed by atoms with Crippen molar-refractivity contribution >= 4 is 11.9 Å². The van der Waals surface area contributed by atoms with E-state index in [1.54, 1.807) is 17.9 Å². The standard InChI is InChI=1S/C13H21NO3/c1-9(12(16)17)5-6-14-8-10(7-11(14)15)13(2,3)4/h5,10H,6-8H2,1-4H3,(H,16,17). The summed E-state index contributed by atoms with van der Waals surface area (Å²) in [6, 6.07) is 0. The molecule has 17 heavy (non-hydrogen) atoms. The highest BCUT2D eigenvalue weighted by molar-refractivity contribution is 5.86. The maximum Gasteiger partial charge on any atom is 0.331 e. The third-order valence-electron chi connectivity index (χ3n) is 3.39. The van der Waals surface area contributed by atoms with Crippen LogP contribution in [0.5, 0.6) is 0 Å². The van der Waals surface area contributed by atoms with Crippen LogP contribution in [0.1, 0.15) is 34.1 Å². The lowest BCUT2D eigenvalue weighted by Crippen LogP contribution is -2.28. The summed E-state index contributed by atoms with van der Waals surface area (Å²) in [6.45, 7) is 9.08. The normalized spacial score (nSPS) is 22.1. The van der Waals surface area contributed by atoms with Crippen LogP contribution in [0.3, 0.4) is 0 Å². The smallest absolute Gasteiger partial charge is 0.331 e. The van der Waals surface area contributed by atoms with E-state index in [1.165, 1.54) is 0 Å². The minimum Gasteiger partial charge on any atom is -0.478 e. The molecule has 0 aromatic heterocycles. The van der Waals surface area contributed by atoms with Crippen LogP contribution in [-0.4, -0.2) is 35.0 Å². The Morgan fingerprint density at radius 2 is 2.12 bits per heavy atom. The Hall–Kier alpha value is -1.32. The molecule has 0 aromatic rings. The molecule has 4 nitrogen and oxygen atoms in total. The van der Waals surface area contributed by atoms with Crippen LogP contribution >= 0.6 is 0 Å². The van der Waals surface area contributed by atoms with Gasteiger partial charge in [0, 0.05) is 25.1 Å². The van der Waals surface area contributed by atoms with Crippen molar-refractivity contribution in [2.75, 3.05) is 13.1 Å². The topological polar surface area (TPSA) is 57.6 Å². The van der Waals surface area contributed by atoms with E-state index in [0.29, 0.717) is 18.9 Å². The van der Waals surface area contributed by atoms with Gasteiger partial charge in [0.15, 0.2) is 0 Å². The first-order valence-corrected chi connectivity index (χ1v) is 5.89. The number of amides is 1. The number of aliphatic carboxylic acids is 1. The van der Waals surface area contributed by atoms with Gasteiger partial charge in [-0.25, -0.2) is 4.79 Å². The predicted molar refractivity (Wildman–Crippen MR) is 65.5 cm³/mol. The van der Waals surface area contributed by atoms with Gasteiger partial charge < -0.3 is 10.0 Å². The molecular formula is C13H21NO3. The van der Waals surface area contributed by atoms with E-state index in [2.05, 4.69) is 20.8 Å². The van der Waals surface area contributed by atoms with Crippen molar-refractivity contribution in [1.29, 1.82) is 0 Å². The van der Waals surface area contributed by atoms with Gasteiger partial charge in [0.05, 0.1) is 0 Å². The number of hydrogen-bond donors (Lipinski definition) is 1. The van der Waals surface area contributed by atoms with Gasteiger partial charge in [0.2, 0.25) is 5.91 Å². The zero-order valence-electron chi connectivity index (χ0n) is 11.0. The summed E-state index contributed by atoms with van der Waals surface area (Å²) >= 11 is 0. The lowest BCUT2D eigenvalue weighted by Gasteiger charge is -2.26. The number of carbonyl (C=O) groups excluding carboxylic acids is 1. The van der Waals surface area contributed by atoms with Crippen LogP contribution in [0.2, 0.25) is 0 Å². The van der Waals surface area contributed by atoms with Gasteiger partial charge in [-0.1, -0.05) is 26.8 Å². The van der Waals surface area contributed by atoms with Crippen molar-refractivity contribution in [2.45, 2.75) is 34.1 Å². The number of likely N-dealkylation sites (tertiary alicyclic amines) is 1. The zero-order chi connectivity index (χ0) is 13.2. The number of carbonyl (C=O) groups is 2. The molecular weight excluding hydrogens is 218 g/mol. The molecule has 0 spiro atoms. The van der Waals surface area contributed by atoms with Crippen molar-refractivity contribution in [1.82, 2.24) is 4.90 Å². The fourth-order valence-electron chi connectivity index (χ4n) is 1.86. The number of rotatable bonds is 3. The van der Waals surface area contributed by atoms with Gasteiger partial charge in [-0.05, 0) is 18.3 Å². The molecule has 1 fully saturated rings.